The molecular formula is C31H42N4O5. The summed E-state index contributed by atoms with van der Waals surface area (Å²) in [7, 11) is 0. The number of aliphatic carboxylic acids is 1. The van der Waals surface area contributed by atoms with Crippen LogP contribution in [-0.2, 0) is 38.6 Å². The van der Waals surface area contributed by atoms with E-state index in [1.165, 1.54) is 5.56 Å². The van der Waals surface area contributed by atoms with Crippen LogP contribution < -0.4 is 4.90 Å². The SMILES string of the molecule is Cc1nc2cc3nn2c(c1C(OC(C)(C)C)C(=O)O)N1CCC(C)(CC1)OCCCCc1cccc(c1)COC3. The number of aromatic nitrogens is 3. The second-order valence-electron chi connectivity index (χ2n) is 12.3. The number of anilines is 1. The predicted octanol–water partition coefficient (Wildman–Crippen LogP) is 5.41. The number of ether oxygens (including phenoxy) is 3. The molecule has 1 N–H and O–H groups in total. The molecule has 1 atom stereocenters. The number of aryl methyl sites for hydroxylation is 2. The van der Waals surface area contributed by atoms with E-state index in [9.17, 15) is 9.90 Å². The fourth-order valence-corrected chi connectivity index (χ4v) is 5.66. The largest absolute Gasteiger partial charge is 0.479 e. The molecule has 3 aliphatic heterocycles. The third-order valence-corrected chi connectivity index (χ3v) is 7.75. The summed E-state index contributed by atoms with van der Waals surface area (Å²) in [6, 6.07) is 10.5. The maximum absolute atomic E-state index is 12.6. The molecule has 40 heavy (non-hydrogen) atoms. The van der Waals surface area contributed by atoms with Crippen LogP contribution in [0.1, 0.15) is 87.6 Å². The second-order valence-corrected chi connectivity index (χ2v) is 12.3. The van der Waals surface area contributed by atoms with Gasteiger partial charge in [0.15, 0.2) is 11.8 Å². The number of fused-ring (bicyclic) bond motifs is 8. The summed E-state index contributed by atoms with van der Waals surface area (Å²) < 4.78 is 20.4. The smallest absolute Gasteiger partial charge is 0.337 e. The number of piperidine rings is 1. The molecule has 9 heteroatoms. The normalized spacial score (nSPS) is 19.3. The monoisotopic (exact) mass is 550 g/mol. The van der Waals surface area contributed by atoms with E-state index in [0.717, 1.165) is 55.8 Å². The number of carbonyl (C=O) groups is 1. The van der Waals surface area contributed by atoms with Crippen LogP contribution in [0.4, 0.5) is 5.82 Å². The lowest BCUT2D eigenvalue weighted by Gasteiger charge is -2.41. The Morgan fingerprint density at radius 1 is 1.12 bits per heavy atom. The number of hydrogen-bond donors (Lipinski definition) is 1. The van der Waals surface area contributed by atoms with Crippen molar-refractivity contribution in [3.63, 3.8) is 0 Å². The molecule has 3 aromatic rings. The molecule has 0 amide bonds. The average molecular weight is 551 g/mol. The van der Waals surface area contributed by atoms with Gasteiger partial charge in [-0.05, 0) is 77.8 Å². The van der Waals surface area contributed by atoms with Gasteiger partial charge in [-0.3, -0.25) is 0 Å². The molecule has 0 radical (unpaired) electrons. The fourth-order valence-electron chi connectivity index (χ4n) is 5.66. The van der Waals surface area contributed by atoms with Crippen molar-refractivity contribution in [3.8, 4) is 0 Å². The van der Waals surface area contributed by atoms with E-state index >= 15 is 0 Å². The van der Waals surface area contributed by atoms with Gasteiger partial charge in [-0.2, -0.15) is 9.61 Å². The Balaban J connectivity index is 1.57. The van der Waals surface area contributed by atoms with Gasteiger partial charge in [0.25, 0.3) is 0 Å². The zero-order valence-electron chi connectivity index (χ0n) is 24.4. The Morgan fingerprint density at radius 3 is 2.60 bits per heavy atom. The molecular weight excluding hydrogens is 508 g/mol. The number of nitrogens with zero attached hydrogens (tertiary/aromatic N) is 4. The lowest BCUT2D eigenvalue weighted by molar-refractivity contribution is -0.160. The number of rotatable bonds is 3. The first-order valence-corrected chi connectivity index (χ1v) is 14.4. The fraction of sp³-hybridized carbons (Fsp3) is 0.581. The van der Waals surface area contributed by atoms with Gasteiger partial charge >= 0.3 is 5.97 Å². The van der Waals surface area contributed by atoms with Gasteiger partial charge < -0.3 is 24.2 Å². The standard InChI is InChI=1S/C31H42N4O5/c1-21-26(27(29(36)37)40-30(2,3)4)28-34-14-12-31(5,13-15-34)39-16-7-6-9-22-10-8-11-23(17-22)19-38-20-24-18-25(32-21)35(28)33-24/h8,10-11,17-18,27H,6-7,9,12-16,19-20H2,1-5H3,(H,36,37). The Labute approximate surface area is 236 Å². The van der Waals surface area contributed by atoms with Crippen LogP contribution in [-0.4, -0.2) is 56.6 Å². The zero-order chi connectivity index (χ0) is 28.5. The number of carboxylic acid groups (broad SMARTS) is 1. The highest BCUT2D eigenvalue weighted by Gasteiger charge is 2.37. The second kappa shape index (κ2) is 11.5. The maximum Gasteiger partial charge on any atom is 0.337 e. The predicted molar refractivity (Wildman–Crippen MR) is 153 cm³/mol. The summed E-state index contributed by atoms with van der Waals surface area (Å²) in [5, 5.41) is 15.2. The molecule has 1 fully saturated rings. The van der Waals surface area contributed by atoms with E-state index in [1.54, 1.807) is 4.52 Å². The van der Waals surface area contributed by atoms with E-state index in [1.807, 2.05) is 33.8 Å². The third-order valence-electron chi connectivity index (χ3n) is 7.75. The van der Waals surface area contributed by atoms with Gasteiger partial charge in [0.1, 0.15) is 5.82 Å². The molecule has 2 aromatic heterocycles. The van der Waals surface area contributed by atoms with Gasteiger partial charge in [-0.25, -0.2) is 9.78 Å². The molecule has 1 aromatic carbocycles. The van der Waals surface area contributed by atoms with Crippen LogP contribution in [0.3, 0.4) is 0 Å². The number of carboxylic acids is 1. The minimum Gasteiger partial charge on any atom is -0.479 e. The molecule has 9 nitrogen and oxygen atoms in total. The highest BCUT2D eigenvalue weighted by molar-refractivity contribution is 5.78. The highest BCUT2D eigenvalue weighted by atomic mass is 16.5. The molecule has 3 aliphatic rings. The maximum atomic E-state index is 12.6. The number of hydrogen-bond acceptors (Lipinski definition) is 7. The molecule has 0 saturated carbocycles. The molecule has 5 heterocycles. The van der Waals surface area contributed by atoms with E-state index < -0.39 is 17.7 Å². The third kappa shape index (κ3) is 6.48. The minimum atomic E-state index is -1.19. The Kier molecular flexibility index (Phi) is 8.17. The molecule has 6 rings (SSSR count). The van der Waals surface area contributed by atoms with Crippen molar-refractivity contribution in [1.82, 2.24) is 14.6 Å². The summed E-state index contributed by atoms with van der Waals surface area (Å²) in [5.74, 6) is -0.327. The van der Waals surface area contributed by atoms with Crippen molar-refractivity contribution < 1.29 is 24.1 Å². The van der Waals surface area contributed by atoms with Crippen molar-refractivity contribution in [2.24, 2.45) is 0 Å². The Morgan fingerprint density at radius 2 is 1.88 bits per heavy atom. The average Bonchev–Trinajstić information content (AvgIpc) is 3.28. The first kappa shape index (κ1) is 28.5. The first-order chi connectivity index (χ1) is 19.0. The Hall–Kier alpha value is -3.01. The van der Waals surface area contributed by atoms with E-state index in [0.29, 0.717) is 43.2 Å². The van der Waals surface area contributed by atoms with Crippen molar-refractivity contribution in [2.45, 2.75) is 97.2 Å². The van der Waals surface area contributed by atoms with E-state index in [2.05, 4.69) is 36.1 Å². The lowest BCUT2D eigenvalue weighted by atomic mass is 9.92. The van der Waals surface area contributed by atoms with Crippen LogP contribution in [0.5, 0.6) is 0 Å². The molecule has 1 saturated heterocycles. The van der Waals surface area contributed by atoms with Crippen molar-refractivity contribution in [1.29, 1.82) is 0 Å². The summed E-state index contributed by atoms with van der Waals surface area (Å²) in [6.45, 7) is 12.6. The van der Waals surface area contributed by atoms with Gasteiger partial charge in [-0.15, -0.1) is 0 Å². The van der Waals surface area contributed by atoms with Crippen molar-refractivity contribution in [2.75, 3.05) is 24.6 Å². The van der Waals surface area contributed by atoms with Gasteiger partial charge in [-0.1, -0.05) is 24.3 Å². The molecule has 0 aliphatic carbocycles. The van der Waals surface area contributed by atoms with Crippen molar-refractivity contribution >= 4 is 17.4 Å². The van der Waals surface area contributed by atoms with Crippen LogP contribution in [0.2, 0.25) is 0 Å². The quantitative estimate of drug-likeness (QED) is 0.463. The molecule has 6 bridgehead atoms. The topological polar surface area (TPSA) is 98.4 Å². The zero-order valence-corrected chi connectivity index (χ0v) is 24.4. The number of benzene rings is 1. The summed E-state index contributed by atoms with van der Waals surface area (Å²) in [5.41, 5.74) is 4.12. The van der Waals surface area contributed by atoms with Crippen LogP contribution in [0.15, 0.2) is 30.3 Å². The first-order valence-electron chi connectivity index (χ1n) is 14.4. The summed E-state index contributed by atoms with van der Waals surface area (Å²) >= 11 is 0. The van der Waals surface area contributed by atoms with E-state index in [4.69, 9.17) is 24.3 Å². The highest BCUT2D eigenvalue weighted by Crippen LogP contribution is 2.37. The Bertz CT molecular complexity index is 1350. The van der Waals surface area contributed by atoms with Gasteiger partial charge in [0.05, 0.1) is 35.7 Å². The lowest BCUT2D eigenvalue weighted by Crippen LogP contribution is -2.46. The molecule has 1 unspecified atom stereocenters. The van der Waals surface area contributed by atoms with Gasteiger partial charge in [0, 0.05) is 31.5 Å². The molecule has 0 spiro atoms. The van der Waals surface area contributed by atoms with Crippen LogP contribution in [0.25, 0.3) is 5.65 Å². The van der Waals surface area contributed by atoms with E-state index in [-0.39, 0.29) is 5.60 Å². The summed E-state index contributed by atoms with van der Waals surface area (Å²) in [6.07, 6.45) is 3.57. The van der Waals surface area contributed by atoms with Crippen molar-refractivity contribution in [3.05, 3.63) is 58.4 Å². The van der Waals surface area contributed by atoms with Crippen LogP contribution in [0, 0.1) is 6.92 Å². The van der Waals surface area contributed by atoms with Gasteiger partial charge in [0.2, 0.25) is 0 Å². The molecule has 216 valence electrons. The minimum absolute atomic E-state index is 0.224. The summed E-state index contributed by atoms with van der Waals surface area (Å²) in [4.78, 5) is 19.6. The van der Waals surface area contributed by atoms with Crippen LogP contribution >= 0.6 is 0 Å².